The smallest absolute Gasteiger partial charge is 0.318 e. The number of nitrogens with one attached hydrogen (secondary N) is 1. The molecule has 2 aliphatic rings. The Morgan fingerprint density at radius 2 is 2.15 bits per heavy atom. The van der Waals surface area contributed by atoms with Gasteiger partial charge in [-0.05, 0) is 12.8 Å². The lowest BCUT2D eigenvalue weighted by Gasteiger charge is -2.36. The molecule has 2 N–H and O–H groups in total. The van der Waals surface area contributed by atoms with Crippen LogP contribution in [0.15, 0.2) is 0 Å². The topological polar surface area (TPSA) is 52.6 Å². The molecule has 4 heteroatoms. The second kappa shape index (κ2) is 3.18. The summed E-state index contributed by atoms with van der Waals surface area (Å²) in [5.41, 5.74) is -0.236. The van der Waals surface area contributed by atoms with Gasteiger partial charge >= 0.3 is 6.03 Å². The van der Waals surface area contributed by atoms with Gasteiger partial charge in [-0.1, -0.05) is 12.8 Å². The monoisotopic (exact) mass is 184 g/mol. The highest BCUT2D eigenvalue weighted by Crippen LogP contribution is 2.35. The zero-order valence-corrected chi connectivity index (χ0v) is 7.75. The van der Waals surface area contributed by atoms with Crippen molar-refractivity contribution in [1.29, 1.82) is 0 Å². The molecule has 1 saturated heterocycles. The maximum atomic E-state index is 11.4. The number of hydrogen-bond acceptors (Lipinski definition) is 2. The van der Waals surface area contributed by atoms with Gasteiger partial charge < -0.3 is 15.3 Å². The van der Waals surface area contributed by atoms with Crippen LogP contribution in [0.1, 0.15) is 25.7 Å². The maximum absolute atomic E-state index is 11.4. The number of aliphatic hydroxyl groups is 1. The van der Waals surface area contributed by atoms with Crippen LogP contribution in [0.2, 0.25) is 0 Å². The minimum atomic E-state index is -0.236. The third-order valence-corrected chi connectivity index (χ3v) is 3.26. The SMILES string of the molecule is O=C1NCCN1C1(CO)CCCC1. The zero-order chi connectivity index (χ0) is 9.31. The highest BCUT2D eigenvalue weighted by molar-refractivity contribution is 5.77. The standard InChI is InChI=1S/C9H16N2O2/c12-7-9(3-1-2-4-9)11-6-5-10-8(11)13/h12H,1-7H2,(H,10,13). The van der Waals surface area contributed by atoms with Crippen LogP contribution >= 0.6 is 0 Å². The summed E-state index contributed by atoms with van der Waals surface area (Å²) < 4.78 is 0. The summed E-state index contributed by atoms with van der Waals surface area (Å²) >= 11 is 0. The third kappa shape index (κ3) is 1.29. The Balaban J connectivity index is 2.15. The minimum absolute atomic E-state index is 0.00375. The number of hydrogen-bond donors (Lipinski definition) is 2. The summed E-state index contributed by atoms with van der Waals surface area (Å²) in [6.45, 7) is 1.58. The van der Waals surface area contributed by atoms with Crippen LogP contribution < -0.4 is 5.32 Å². The fourth-order valence-corrected chi connectivity index (χ4v) is 2.47. The van der Waals surface area contributed by atoms with Crippen LogP contribution in [0.5, 0.6) is 0 Å². The molecule has 0 aromatic rings. The summed E-state index contributed by atoms with van der Waals surface area (Å²) in [5, 5.41) is 12.2. The van der Waals surface area contributed by atoms with Crippen LogP contribution in [0.25, 0.3) is 0 Å². The second-order valence-electron chi connectivity index (χ2n) is 3.97. The number of rotatable bonds is 2. The van der Waals surface area contributed by atoms with Crippen LogP contribution in [0.4, 0.5) is 4.79 Å². The highest BCUT2D eigenvalue weighted by Gasteiger charge is 2.43. The van der Waals surface area contributed by atoms with Gasteiger partial charge in [0.25, 0.3) is 0 Å². The van der Waals surface area contributed by atoms with Gasteiger partial charge in [-0.15, -0.1) is 0 Å². The van der Waals surface area contributed by atoms with E-state index in [2.05, 4.69) is 5.32 Å². The van der Waals surface area contributed by atoms with E-state index in [1.165, 1.54) is 0 Å². The predicted molar refractivity (Wildman–Crippen MR) is 48.4 cm³/mol. The van der Waals surface area contributed by atoms with Crippen molar-refractivity contribution in [2.45, 2.75) is 31.2 Å². The van der Waals surface area contributed by atoms with Crippen molar-refractivity contribution in [1.82, 2.24) is 10.2 Å². The van der Waals surface area contributed by atoms with Crippen LogP contribution in [-0.4, -0.2) is 41.3 Å². The zero-order valence-electron chi connectivity index (χ0n) is 7.75. The Bertz CT molecular complexity index is 212. The molecule has 13 heavy (non-hydrogen) atoms. The molecule has 0 aromatic carbocycles. The first-order valence-electron chi connectivity index (χ1n) is 4.95. The van der Waals surface area contributed by atoms with Crippen molar-refractivity contribution < 1.29 is 9.90 Å². The molecule has 0 unspecified atom stereocenters. The van der Waals surface area contributed by atoms with Crippen molar-refractivity contribution >= 4 is 6.03 Å². The Morgan fingerprint density at radius 1 is 1.46 bits per heavy atom. The number of nitrogens with zero attached hydrogens (tertiary/aromatic N) is 1. The average Bonchev–Trinajstić information content (AvgIpc) is 2.73. The van der Waals surface area contributed by atoms with Crippen molar-refractivity contribution in [3.8, 4) is 0 Å². The first-order valence-corrected chi connectivity index (χ1v) is 4.95. The number of aliphatic hydroxyl groups excluding tert-OH is 1. The van der Waals surface area contributed by atoms with E-state index in [0.29, 0.717) is 0 Å². The molecule has 4 nitrogen and oxygen atoms in total. The van der Waals surface area contributed by atoms with Crippen molar-refractivity contribution in [2.75, 3.05) is 19.7 Å². The quantitative estimate of drug-likeness (QED) is 0.649. The molecule has 0 bridgehead atoms. The first kappa shape index (κ1) is 8.81. The molecule has 0 spiro atoms. The van der Waals surface area contributed by atoms with Crippen molar-refractivity contribution in [3.05, 3.63) is 0 Å². The molecule has 2 amide bonds. The van der Waals surface area contributed by atoms with E-state index in [9.17, 15) is 9.90 Å². The molecular formula is C9H16N2O2. The number of urea groups is 1. The van der Waals surface area contributed by atoms with Gasteiger partial charge in [0.05, 0.1) is 12.1 Å². The second-order valence-corrected chi connectivity index (χ2v) is 3.97. The summed E-state index contributed by atoms with van der Waals surface area (Å²) in [5.74, 6) is 0. The number of amides is 2. The van der Waals surface area contributed by atoms with Crippen LogP contribution in [0, 0.1) is 0 Å². The fourth-order valence-electron chi connectivity index (χ4n) is 2.47. The Labute approximate surface area is 77.9 Å². The molecule has 0 radical (unpaired) electrons. The van der Waals surface area contributed by atoms with E-state index in [-0.39, 0.29) is 18.2 Å². The molecule has 0 aromatic heterocycles. The lowest BCUT2D eigenvalue weighted by Crippen LogP contribution is -2.51. The number of carbonyl (C=O) groups excluding carboxylic acids is 1. The van der Waals surface area contributed by atoms with Crippen LogP contribution in [-0.2, 0) is 0 Å². The van der Waals surface area contributed by atoms with Gasteiger partial charge in [-0.3, -0.25) is 0 Å². The largest absolute Gasteiger partial charge is 0.394 e. The summed E-state index contributed by atoms with van der Waals surface area (Å²) in [6.07, 6.45) is 4.17. The Morgan fingerprint density at radius 3 is 2.62 bits per heavy atom. The highest BCUT2D eigenvalue weighted by atomic mass is 16.3. The first-order chi connectivity index (χ1) is 6.28. The van der Waals surface area contributed by atoms with E-state index < -0.39 is 0 Å². The van der Waals surface area contributed by atoms with E-state index in [4.69, 9.17) is 0 Å². The van der Waals surface area contributed by atoms with Gasteiger partial charge in [0.15, 0.2) is 0 Å². The molecule has 0 atom stereocenters. The minimum Gasteiger partial charge on any atom is -0.394 e. The Kier molecular flexibility index (Phi) is 2.15. The number of carbonyl (C=O) groups is 1. The van der Waals surface area contributed by atoms with Gasteiger partial charge in [0, 0.05) is 13.1 Å². The Hall–Kier alpha value is -0.770. The molecule has 1 saturated carbocycles. The predicted octanol–water partition coefficient (Wildman–Crippen LogP) is 0.317. The van der Waals surface area contributed by atoms with Gasteiger partial charge in [0.1, 0.15) is 0 Å². The molecule has 1 aliphatic carbocycles. The maximum Gasteiger partial charge on any atom is 0.318 e. The van der Waals surface area contributed by atoms with Crippen molar-refractivity contribution in [2.24, 2.45) is 0 Å². The van der Waals surface area contributed by atoms with Gasteiger partial charge in [-0.2, -0.15) is 0 Å². The lowest BCUT2D eigenvalue weighted by atomic mass is 9.97. The fraction of sp³-hybridized carbons (Fsp3) is 0.889. The lowest BCUT2D eigenvalue weighted by molar-refractivity contribution is 0.0742. The van der Waals surface area contributed by atoms with E-state index in [0.717, 1.165) is 38.8 Å². The summed E-state index contributed by atoms with van der Waals surface area (Å²) in [4.78, 5) is 13.2. The summed E-state index contributed by atoms with van der Waals surface area (Å²) in [7, 11) is 0. The van der Waals surface area contributed by atoms with Crippen LogP contribution in [0.3, 0.4) is 0 Å². The van der Waals surface area contributed by atoms with Gasteiger partial charge in [-0.25, -0.2) is 4.79 Å². The van der Waals surface area contributed by atoms with E-state index in [1.807, 2.05) is 4.90 Å². The third-order valence-electron chi connectivity index (χ3n) is 3.26. The molecular weight excluding hydrogens is 168 g/mol. The average molecular weight is 184 g/mol. The van der Waals surface area contributed by atoms with Crippen molar-refractivity contribution in [3.63, 3.8) is 0 Å². The van der Waals surface area contributed by atoms with Gasteiger partial charge in [0.2, 0.25) is 0 Å². The normalized spacial score (nSPS) is 26.5. The molecule has 2 fully saturated rings. The molecule has 1 heterocycles. The molecule has 2 rings (SSSR count). The molecule has 1 aliphatic heterocycles. The summed E-state index contributed by atoms with van der Waals surface area (Å²) in [6, 6.07) is -0.00375. The molecule has 74 valence electrons. The van der Waals surface area contributed by atoms with E-state index >= 15 is 0 Å². The van der Waals surface area contributed by atoms with E-state index in [1.54, 1.807) is 0 Å².